The first kappa shape index (κ1) is 9.06. The molecular formula is C11H13NO2. The van der Waals surface area contributed by atoms with Gasteiger partial charge in [-0.3, -0.25) is 4.79 Å². The maximum Gasteiger partial charge on any atom is 0.253 e. The van der Waals surface area contributed by atoms with Crippen LogP contribution in [0, 0.1) is 0 Å². The molecule has 1 aromatic rings. The van der Waals surface area contributed by atoms with Crippen LogP contribution in [-0.4, -0.2) is 29.0 Å². The zero-order chi connectivity index (χ0) is 10.1. The largest absolute Gasteiger partial charge is 0.508 e. The van der Waals surface area contributed by atoms with Crippen LogP contribution in [0.3, 0.4) is 0 Å². The summed E-state index contributed by atoms with van der Waals surface area (Å²) in [6.07, 6.45) is 2.20. The van der Waals surface area contributed by atoms with E-state index in [-0.39, 0.29) is 11.7 Å². The number of phenolic OH excluding ortho intramolecular Hbond substituents is 1. The van der Waals surface area contributed by atoms with Gasteiger partial charge in [-0.2, -0.15) is 0 Å². The number of benzene rings is 1. The van der Waals surface area contributed by atoms with Gasteiger partial charge in [0.2, 0.25) is 0 Å². The van der Waals surface area contributed by atoms with Crippen molar-refractivity contribution in [3.8, 4) is 5.75 Å². The van der Waals surface area contributed by atoms with Gasteiger partial charge in [0, 0.05) is 18.7 Å². The van der Waals surface area contributed by atoms with E-state index >= 15 is 0 Å². The Morgan fingerprint density at radius 3 is 2.79 bits per heavy atom. The highest BCUT2D eigenvalue weighted by atomic mass is 16.3. The Kier molecular flexibility index (Phi) is 2.15. The maximum absolute atomic E-state index is 11.8. The molecule has 1 amide bonds. The molecule has 0 atom stereocenters. The van der Waals surface area contributed by atoms with Crippen LogP contribution in [0.1, 0.15) is 23.2 Å². The van der Waals surface area contributed by atoms with Gasteiger partial charge >= 0.3 is 0 Å². The molecule has 2 rings (SSSR count). The highest BCUT2D eigenvalue weighted by molar-refractivity contribution is 5.94. The number of hydrogen-bond acceptors (Lipinski definition) is 2. The summed E-state index contributed by atoms with van der Waals surface area (Å²) in [5, 5.41) is 9.23. The lowest BCUT2D eigenvalue weighted by Crippen LogP contribution is -2.28. The zero-order valence-electron chi connectivity index (χ0n) is 8.10. The van der Waals surface area contributed by atoms with E-state index in [0.29, 0.717) is 11.6 Å². The maximum atomic E-state index is 11.8. The number of phenols is 1. The number of amides is 1. The average molecular weight is 191 g/mol. The van der Waals surface area contributed by atoms with Crippen molar-refractivity contribution in [1.82, 2.24) is 4.90 Å². The smallest absolute Gasteiger partial charge is 0.253 e. The van der Waals surface area contributed by atoms with Crippen LogP contribution in [0.2, 0.25) is 0 Å². The van der Waals surface area contributed by atoms with Gasteiger partial charge in [0.1, 0.15) is 5.75 Å². The van der Waals surface area contributed by atoms with E-state index in [1.807, 2.05) is 7.05 Å². The van der Waals surface area contributed by atoms with Crippen LogP contribution >= 0.6 is 0 Å². The van der Waals surface area contributed by atoms with Crippen LogP contribution in [0.5, 0.6) is 5.75 Å². The average Bonchev–Trinajstić information content (AvgIpc) is 2.99. The van der Waals surface area contributed by atoms with E-state index in [1.165, 1.54) is 6.07 Å². The molecule has 14 heavy (non-hydrogen) atoms. The van der Waals surface area contributed by atoms with Gasteiger partial charge in [0.05, 0.1) is 0 Å². The van der Waals surface area contributed by atoms with Crippen molar-refractivity contribution in [1.29, 1.82) is 0 Å². The molecule has 74 valence electrons. The lowest BCUT2D eigenvalue weighted by molar-refractivity contribution is 0.0784. The second-order valence-corrected chi connectivity index (χ2v) is 3.70. The fourth-order valence-corrected chi connectivity index (χ4v) is 1.47. The number of nitrogens with zero attached hydrogens (tertiary/aromatic N) is 1. The highest BCUT2D eigenvalue weighted by Gasteiger charge is 2.29. The predicted octanol–water partition coefficient (Wildman–Crippen LogP) is 1.63. The first-order chi connectivity index (χ1) is 6.68. The SMILES string of the molecule is CN(C(=O)c1cccc(O)c1)C1CC1. The lowest BCUT2D eigenvalue weighted by atomic mass is 10.2. The second-order valence-electron chi connectivity index (χ2n) is 3.70. The third kappa shape index (κ3) is 1.71. The van der Waals surface area contributed by atoms with Crippen LogP contribution in [-0.2, 0) is 0 Å². The van der Waals surface area contributed by atoms with Crippen molar-refractivity contribution in [3.05, 3.63) is 29.8 Å². The minimum atomic E-state index is -0.0107. The number of aromatic hydroxyl groups is 1. The van der Waals surface area contributed by atoms with Gasteiger partial charge in [0.25, 0.3) is 5.91 Å². The van der Waals surface area contributed by atoms with E-state index in [2.05, 4.69) is 0 Å². The summed E-state index contributed by atoms with van der Waals surface area (Å²) in [6.45, 7) is 0. The molecule has 1 saturated carbocycles. The summed E-state index contributed by atoms with van der Waals surface area (Å²) in [4.78, 5) is 13.5. The fraction of sp³-hybridized carbons (Fsp3) is 0.364. The van der Waals surface area contributed by atoms with E-state index in [9.17, 15) is 9.90 Å². The summed E-state index contributed by atoms with van der Waals surface area (Å²) in [5.74, 6) is 0.128. The van der Waals surface area contributed by atoms with E-state index < -0.39 is 0 Å². The number of carbonyl (C=O) groups is 1. The summed E-state index contributed by atoms with van der Waals surface area (Å²) < 4.78 is 0. The van der Waals surface area contributed by atoms with E-state index in [0.717, 1.165) is 12.8 Å². The van der Waals surface area contributed by atoms with Crippen molar-refractivity contribution in [2.45, 2.75) is 18.9 Å². The molecule has 0 bridgehead atoms. The zero-order valence-corrected chi connectivity index (χ0v) is 8.10. The second kappa shape index (κ2) is 3.33. The van der Waals surface area contributed by atoms with Crippen molar-refractivity contribution in [2.75, 3.05) is 7.05 Å². The quantitative estimate of drug-likeness (QED) is 0.771. The molecule has 1 fully saturated rings. The number of hydrogen-bond donors (Lipinski definition) is 1. The molecule has 1 aliphatic rings. The van der Waals surface area contributed by atoms with Gasteiger partial charge in [-0.1, -0.05) is 6.07 Å². The standard InChI is InChI=1S/C11H13NO2/c1-12(9-5-6-9)11(14)8-3-2-4-10(13)7-8/h2-4,7,9,13H,5-6H2,1H3. The minimum absolute atomic E-state index is 0.0107. The summed E-state index contributed by atoms with van der Waals surface area (Å²) >= 11 is 0. The van der Waals surface area contributed by atoms with Crippen molar-refractivity contribution in [2.24, 2.45) is 0 Å². The molecule has 0 aliphatic heterocycles. The van der Waals surface area contributed by atoms with E-state index in [4.69, 9.17) is 0 Å². The van der Waals surface area contributed by atoms with Crippen molar-refractivity contribution in [3.63, 3.8) is 0 Å². The predicted molar refractivity (Wildman–Crippen MR) is 53.2 cm³/mol. The summed E-state index contributed by atoms with van der Waals surface area (Å²) in [7, 11) is 1.81. The Hall–Kier alpha value is -1.51. The Morgan fingerprint density at radius 1 is 1.50 bits per heavy atom. The molecule has 1 aromatic carbocycles. The molecule has 0 radical (unpaired) electrons. The van der Waals surface area contributed by atoms with Gasteiger partial charge in [-0.15, -0.1) is 0 Å². The highest BCUT2D eigenvalue weighted by Crippen LogP contribution is 2.27. The van der Waals surface area contributed by atoms with Gasteiger partial charge < -0.3 is 10.0 Å². The van der Waals surface area contributed by atoms with Crippen molar-refractivity contribution >= 4 is 5.91 Å². The molecule has 0 aromatic heterocycles. The molecule has 1 aliphatic carbocycles. The molecule has 0 heterocycles. The Labute approximate surface area is 83.0 Å². The van der Waals surface area contributed by atoms with Gasteiger partial charge in [0.15, 0.2) is 0 Å². The summed E-state index contributed by atoms with van der Waals surface area (Å²) in [6, 6.07) is 6.88. The summed E-state index contributed by atoms with van der Waals surface area (Å²) in [5.41, 5.74) is 0.555. The molecule has 1 N–H and O–H groups in total. The third-order valence-electron chi connectivity index (χ3n) is 2.51. The van der Waals surface area contributed by atoms with Crippen LogP contribution in [0.15, 0.2) is 24.3 Å². The van der Waals surface area contributed by atoms with Gasteiger partial charge in [-0.25, -0.2) is 0 Å². The number of rotatable bonds is 2. The van der Waals surface area contributed by atoms with Gasteiger partial charge in [-0.05, 0) is 31.0 Å². The van der Waals surface area contributed by atoms with Crippen LogP contribution < -0.4 is 0 Å². The molecule has 0 saturated heterocycles. The Balaban J connectivity index is 2.17. The normalized spacial score (nSPS) is 15.2. The van der Waals surface area contributed by atoms with Crippen LogP contribution in [0.4, 0.5) is 0 Å². The molecule has 3 nitrogen and oxygen atoms in total. The lowest BCUT2D eigenvalue weighted by Gasteiger charge is -2.16. The topological polar surface area (TPSA) is 40.5 Å². The first-order valence-electron chi connectivity index (χ1n) is 4.74. The Bertz CT molecular complexity index is 358. The number of carbonyl (C=O) groups excluding carboxylic acids is 1. The third-order valence-corrected chi connectivity index (χ3v) is 2.51. The fourth-order valence-electron chi connectivity index (χ4n) is 1.47. The molecule has 0 unspecified atom stereocenters. The van der Waals surface area contributed by atoms with E-state index in [1.54, 1.807) is 23.1 Å². The molecule has 3 heteroatoms. The Morgan fingerprint density at radius 2 is 2.21 bits per heavy atom. The first-order valence-corrected chi connectivity index (χ1v) is 4.74. The molecule has 0 spiro atoms. The monoisotopic (exact) mass is 191 g/mol. The van der Waals surface area contributed by atoms with Crippen molar-refractivity contribution < 1.29 is 9.90 Å². The van der Waals surface area contributed by atoms with Crippen LogP contribution in [0.25, 0.3) is 0 Å². The minimum Gasteiger partial charge on any atom is -0.508 e. The molecular weight excluding hydrogens is 178 g/mol.